The average Bonchev–Trinajstić information content (AvgIpc) is 3.27. The first kappa shape index (κ1) is 16.5. The Morgan fingerprint density at radius 2 is 2.12 bits per heavy atom. The smallest absolute Gasteiger partial charge is 0.293 e. The number of nitrogens with zero attached hydrogens (tertiary/aromatic N) is 3. The van der Waals surface area contributed by atoms with Crippen LogP contribution in [0.4, 0.5) is 11.4 Å². The number of nitrogens with two attached hydrogens (primary N) is 1. The van der Waals surface area contributed by atoms with Crippen LogP contribution in [0.3, 0.4) is 0 Å². The van der Waals surface area contributed by atoms with Crippen molar-refractivity contribution in [3.05, 3.63) is 63.1 Å². The molecule has 8 heteroatoms. The molecule has 1 aromatic heterocycles. The zero-order valence-electron chi connectivity index (χ0n) is 13.8. The van der Waals surface area contributed by atoms with Crippen molar-refractivity contribution in [2.45, 2.75) is 18.9 Å². The molecule has 7 nitrogen and oxygen atoms in total. The van der Waals surface area contributed by atoms with Gasteiger partial charge in [0, 0.05) is 18.2 Å². The van der Waals surface area contributed by atoms with Gasteiger partial charge in [0.1, 0.15) is 10.7 Å². The van der Waals surface area contributed by atoms with Crippen LogP contribution in [0.15, 0.2) is 42.5 Å². The molecule has 0 aliphatic carbocycles. The SMILES string of the molecule is NC(=O)c1ccc(N2CCC[C@@H]2c2nc3ccccc3s2)c([N+](=O)[O-])c1. The van der Waals surface area contributed by atoms with Gasteiger partial charge in [-0.05, 0) is 37.1 Å². The first-order valence-corrected chi connectivity index (χ1v) is 9.06. The van der Waals surface area contributed by atoms with Gasteiger partial charge in [-0.25, -0.2) is 4.98 Å². The van der Waals surface area contributed by atoms with E-state index in [-0.39, 0.29) is 17.3 Å². The largest absolute Gasteiger partial charge is 0.366 e. The summed E-state index contributed by atoms with van der Waals surface area (Å²) in [6.07, 6.45) is 1.81. The van der Waals surface area contributed by atoms with Crippen molar-refractivity contribution >= 4 is 38.8 Å². The minimum absolute atomic E-state index is 0.00877. The number of para-hydroxylation sites is 1. The van der Waals surface area contributed by atoms with Gasteiger partial charge in [0.05, 0.1) is 21.2 Å². The number of hydrogen-bond acceptors (Lipinski definition) is 6. The van der Waals surface area contributed by atoms with Crippen LogP contribution in [-0.4, -0.2) is 22.4 Å². The molecule has 26 heavy (non-hydrogen) atoms. The molecule has 1 amide bonds. The maximum absolute atomic E-state index is 11.6. The molecule has 0 bridgehead atoms. The number of fused-ring (bicyclic) bond motifs is 1. The van der Waals surface area contributed by atoms with Crippen LogP contribution >= 0.6 is 11.3 Å². The Kier molecular flexibility index (Phi) is 4.04. The number of benzene rings is 2. The highest BCUT2D eigenvalue weighted by Gasteiger charge is 2.33. The molecule has 2 N–H and O–H groups in total. The molecule has 0 unspecified atom stereocenters. The van der Waals surface area contributed by atoms with Crippen LogP contribution in [0.25, 0.3) is 10.2 Å². The number of primary amides is 1. The summed E-state index contributed by atoms with van der Waals surface area (Å²) in [5, 5.41) is 12.5. The van der Waals surface area contributed by atoms with Gasteiger partial charge in [-0.2, -0.15) is 0 Å². The summed E-state index contributed by atoms with van der Waals surface area (Å²) < 4.78 is 1.10. The Hall–Kier alpha value is -3.00. The maximum atomic E-state index is 11.6. The second kappa shape index (κ2) is 6.38. The quantitative estimate of drug-likeness (QED) is 0.559. The number of amides is 1. The molecule has 2 aromatic carbocycles. The summed E-state index contributed by atoms with van der Waals surface area (Å²) in [5.74, 6) is -0.677. The van der Waals surface area contributed by atoms with Gasteiger partial charge in [0.15, 0.2) is 0 Å². The van der Waals surface area contributed by atoms with Crippen LogP contribution in [-0.2, 0) is 0 Å². The lowest BCUT2D eigenvalue weighted by molar-refractivity contribution is -0.384. The number of carbonyl (C=O) groups is 1. The average molecular weight is 368 g/mol. The van der Waals surface area contributed by atoms with Crippen molar-refractivity contribution in [2.24, 2.45) is 5.73 Å². The molecule has 0 saturated carbocycles. The highest BCUT2D eigenvalue weighted by molar-refractivity contribution is 7.18. The minimum atomic E-state index is -0.677. The van der Waals surface area contributed by atoms with Gasteiger partial charge in [0.2, 0.25) is 5.91 Å². The van der Waals surface area contributed by atoms with E-state index in [4.69, 9.17) is 10.7 Å². The van der Waals surface area contributed by atoms with Gasteiger partial charge < -0.3 is 10.6 Å². The van der Waals surface area contributed by atoms with E-state index >= 15 is 0 Å². The van der Waals surface area contributed by atoms with Gasteiger partial charge in [-0.1, -0.05) is 12.1 Å². The fourth-order valence-corrected chi connectivity index (χ4v) is 4.53. The Bertz CT molecular complexity index is 984. The molecule has 0 radical (unpaired) electrons. The normalized spacial score (nSPS) is 16.9. The molecule has 1 fully saturated rings. The van der Waals surface area contributed by atoms with Crippen molar-refractivity contribution < 1.29 is 9.72 Å². The van der Waals surface area contributed by atoms with E-state index in [0.717, 1.165) is 28.1 Å². The first-order valence-electron chi connectivity index (χ1n) is 8.25. The number of thiazole rings is 1. The first-order chi connectivity index (χ1) is 12.5. The molecule has 2 heterocycles. The zero-order chi connectivity index (χ0) is 18.3. The summed E-state index contributed by atoms with van der Waals surface area (Å²) in [5.41, 5.74) is 6.74. The van der Waals surface area contributed by atoms with Crippen LogP contribution in [0, 0.1) is 10.1 Å². The van der Waals surface area contributed by atoms with Crippen molar-refractivity contribution in [3.8, 4) is 0 Å². The predicted octanol–water partition coefficient (Wildman–Crippen LogP) is 3.64. The summed E-state index contributed by atoms with van der Waals surface area (Å²) >= 11 is 1.62. The number of nitro benzene ring substituents is 1. The van der Waals surface area contributed by atoms with E-state index in [1.807, 2.05) is 29.2 Å². The van der Waals surface area contributed by atoms with E-state index in [1.165, 1.54) is 6.07 Å². The van der Waals surface area contributed by atoms with E-state index in [1.54, 1.807) is 23.5 Å². The molecule has 132 valence electrons. The standard InChI is InChI=1S/C18H16N4O3S/c19-17(23)11-7-8-13(15(10-11)22(24)25)21-9-3-5-14(21)18-20-12-4-1-2-6-16(12)26-18/h1-2,4,6-8,10,14H,3,5,9H2,(H2,19,23)/t14-/m1/s1. The lowest BCUT2D eigenvalue weighted by Crippen LogP contribution is -2.23. The van der Waals surface area contributed by atoms with Crippen LogP contribution in [0.1, 0.15) is 34.2 Å². The third kappa shape index (κ3) is 2.78. The van der Waals surface area contributed by atoms with Crippen molar-refractivity contribution in [1.82, 2.24) is 4.98 Å². The number of hydrogen-bond donors (Lipinski definition) is 1. The van der Waals surface area contributed by atoms with Gasteiger partial charge in [-0.15, -0.1) is 11.3 Å². The van der Waals surface area contributed by atoms with Gasteiger partial charge >= 0.3 is 0 Å². The third-order valence-corrected chi connectivity index (χ3v) is 5.75. The van der Waals surface area contributed by atoms with E-state index in [0.29, 0.717) is 12.2 Å². The lowest BCUT2D eigenvalue weighted by atomic mass is 10.1. The summed E-state index contributed by atoms with van der Waals surface area (Å²) in [4.78, 5) is 29.2. The Morgan fingerprint density at radius 1 is 1.31 bits per heavy atom. The molecular formula is C18H16N4O3S. The topological polar surface area (TPSA) is 102 Å². The summed E-state index contributed by atoms with van der Waals surface area (Å²) in [7, 11) is 0. The monoisotopic (exact) mass is 368 g/mol. The fourth-order valence-electron chi connectivity index (χ4n) is 3.41. The van der Waals surface area contributed by atoms with Crippen molar-refractivity contribution in [2.75, 3.05) is 11.4 Å². The highest BCUT2D eigenvalue weighted by atomic mass is 32.1. The molecule has 1 aliphatic heterocycles. The van der Waals surface area contributed by atoms with Gasteiger partial charge in [-0.3, -0.25) is 14.9 Å². The molecule has 0 spiro atoms. The molecule has 1 aliphatic rings. The van der Waals surface area contributed by atoms with E-state index in [2.05, 4.69) is 0 Å². The van der Waals surface area contributed by atoms with Crippen LogP contribution in [0.5, 0.6) is 0 Å². The zero-order valence-corrected chi connectivity index (χ0v) is 14.6. The molecular weight excluding hydrogens is 352 g/mol. The van der Waals surface area contributed by atoms with Crippen LogP contribution < -0.4 is 10.6 Å². The Balaban J connectivity index is 1.76. The minimum Gasteiger partial charge on any atom is -0.366 e. The molecule has 4 rings (SSSR count). The number of carbonyl (C=O) groups excluding carboxylic acids is 1. The Labute approximate surface area is 153 Å². The molecule has 1 atom stereocenters. The second-order valence-corrected chi connectivity index (χ2v) is 7.26. The number of anilines is 1. The molecule has 1 saturated heterocycles. The van der Waals surface area contributed by atoms with Crippen molar-refractivity contribution in [3.63, 3.8) is 0 Å². The number of aromatic nitrogens is 1. The third-order valence-electron chi connectivity index (χ3n) is 4.61. The van der Waals surface area contributed by atoms with Crippen molar-refractivity contribution in [1.29, 1.82) is 0 Å². The number of rotatable bonds is 4. The Morgan fingerprint density at radius 3 is 2.85 bits per heavy atom. The van der Waals surface area contributed by atoms with Crippen LogP contribution in [0.2, 0.25) is 0 Å². The summed E-state index contributed by atoms with van der Waals surface area (Å²) in [6.45, 7) is 0.706. The highest BCUT2D eigenvalue weighted by Crippen LogP contribution is 2.42. The molecule has 3 aromatic rings. The van der Waals surface area contributed by atoms with E-state index in [9.17, 15) is 14.9 Å². The fraction of sp³-hybridized carbons (Fsp3) is 0.222. The maximum Gasteiger partial charge on any atom is 0.293 e. The predicted molar refractivity (Wildman–Crippen MR) is 101 cm³/mol. The lowest BCUT2D eigenvalue weighted by Gasteiger charge is -2.25. The van der Waals surface area contributed by atoms with Gasteiger partial charge in [0.25, 0.3) is 5.69 Å². The van der Waals surface area contributed by atoms with E-state index < -0.39 is 10.8 Å². The second-order valence-electron chi connectivity index (χ2n) is 6.20. The number of nitro groups is 1. The summed E-state index contributed by atoms with van der Waals surface area (Å²) in [6, 6.07) is 12.3.